The largest absolute Gasteiger partial charge is 0.347 e. The number of thiazole rings is 1. The van der Waals surface area contributed by atoms with Gasteiger partial charge in [0.2, 0.25) is 0 Å². The van der Waals surface area contributed by atoms with Crippen LogP contribution >= 0.6 is 11.3 Å². The van der Waals surface area contributed by atoms with E-state index in [4.69, 9.17) is 0 Å². The van der Waals surface area contributed by atoms with Crippen LogP contribution in [0.5, 0.6) is 0 Å². The van der Waals surface area contributed by atoms with Gasteiger partial charge in [0.15, 0.2) is 0 Å². The van der Waals surface area contributed by atoms with E-state index in [0.717, 1.165) is 29.6 Å². The lowest BCUT2D eigenvalue weighted by molar-refractivity contribution is 0.0909. The summed E-state index contributed by atoms with van der Waals surface area (Å²) < 4.78 is 1.05. The molecule has 1 aromatic carbocycles. The van der Waals surface area contributed by atoms with Crippen molar-refractivity contribution < 1.29 is 4.79 Å². The lowest BCUT2D eigenvalue weighted by atomic mass is 9.97. The monoisotopic (exact) mass is 305 g/mol. The molecule has 0 aliphatic carbocycles. The fourth-order valence-corrected chi connectivity index (χ4v) is 3.05. The predicted molar refractivity (Wildman–Crippen MR) is 89.0 cm³/mol. The van der Waals surface area contributed by atoms with E-state index in [1.54, 1.807) is 16.8 Å². The van der Waals surface area contributed by atoms with Gasteiger partial charge < -0.3 is 10.2 Å². The van der Waals surface area contributed by atoms with Crippen molar-refractivity contribution in [2.45, 2.75) is 32.2 Å². The maximum absolute atomic E-state index is 12.5. The minimum Gasteiger partial charge on any atom is -0.347 e. The highest BCUT2D eigenvalue weighted by molar-refractivity contribution is 7.16. The molecule has 1 aromatic heterocycles. The van der Waals surface area contributed by atoms with Crippen molar-refractivity contribution in [2.75, 3.05) is 20.6 Å². The first-order valence-electron chi connectivity index (χ1n) is 7.18. The van der Waals surface area contributed by atoms with Gasteiger partial charge >= 0.3 is 0 Å². The Morgan fingerprint density at radius 1 is 1.38 bits per heavy atom. The number of fused-ring (bicyclic) bond motifs is 1. The minimum atomic E-state index is -0.217. The lowest BCUT2D eigenvalue weighted by Crippen LogP contribution is -2.43. The Bertz CT molecular complexity index is 619. The second-order valence-electron chi connectivity index (χ2n) is 6.25. The van der Waals surface area contributed by atoms with E-state index in [9.17, 15) is 4.79 Å². The third-order valence-electron chi connectivity index (χ3n) is 3.46. The zero-order valence-electron chi connectivity index (χ0n) is 13.1. The average molecular weight is 305 g/mol. The Kier molecular flexibility index (Phi) is 4.96. The highest BCUT2D eigenvalue weighted by Gasteiger charge is 2.22. The quantitative estimate of drug-likeness (QED) is 0.891. The molecule has 0 unspecified atom stereocenters. The van der Waals surface area contributed by atoms with Crippen molar-refractivity contribution in [3.8, 4) is 0 Å². The summed E-state index contributed by atoms with van der Waals surface area (Å²) >= 11 is 1.56. The number of nitrogens with one attached hydrogen (secondary N) is 1. The minimum absolute atomic E-state index is 0.0404. The van der Waals surface area contributed by atoms with Gasteiger partial charge in [0.05, 0.1) is 21.3 Å². The smallest absolute Gasteiger partial charge is 0.253 e. The van der Waals surface area contributed by atoms with E-state index >= 15 is 0 Å². The number of carbonyl (C=O) groups is 1. The van der Waals surface area contributed by atoms with Gasteiger partial charge in [0.25, 0.3) is 5.91 Å². The fourth-order valence-electron chi connectivity index (χ4n) is 2.34. The van der Waals surface area contributed by atoms with Gasteiger partial charge in [-0.1, -0.05) is 6.07 Å². The molecule has 0 saturated heterocycles. The number of benzene rings is 1. The molecular weight excluding hydrogens is 282 g/mol. The first-order chi connectivity index (χ1) is 9.89. The predicted octanol–water partition coefficient (Wildman–Crippen LogP) is 3.15. The summed E-state index contributed by atoms with van der Waals surface area (Å²) in [7, 11) is 4.13. The molecule has 0 fully saturated rings. The molecular formula is C16H23N3OS. The van der Waals surface area contributed by atoms with Crippen LogP contribution in [-0.2, 0) is 0 Å². The van der Waals surface area contributed by atoms with Crippen LogP contribution in [0.2, 0.25) is 0 Å². The standard InChI is InChI=1S/C16H23N3OS/c1-16(2,9-6-10-19(3)4)18-15(20)12-7-5-8-13-14(12)17-11-21-13/h5,7-8,11H,6,9-10H2,1-4H3,(H,18,20). The molecule has 2 rings (SSSR count). The van der Waals surface area contributed by atoms with Crippen molar-refractivity contribution in [1.29, 1.82) is 0 Å². The summed E-state index contributed by atoms with van der Waals surface area (Å²) in [5.41, 5.74) is 3.02. The van der Waals surface area contributed by atoms with Gasteiger partial charge in [-0.25, -0.2) is 4.98 Å². The molecule has 1 heterocycles. The van der Waals surface area contributed by atoms with Gasteiger partial charge in [-0.2, -0.15) is 0 Å². The normalized spacial score (nSPS) is 12.0. The van der Waals surface area contributed by atoms with E-state index in [2.05, 4.69) is 43.1 Å². The number of aromatic nitrogens is 1. The topological polar surface area (TPSA) is 45.2 Å². The summed E-state index contributed by atoms with van der Waals surface area (Å²) in [6.45, 7) is 5.17. The van der Waals surface area contributed by atoms with Crippen molar-refractivity contribution in [1.82, 2.24) is 15.2 Å². The second kappa shape index (κ2) is 6.54. The van der Waals surface area contributed by atoms with E-state index < -0.39 is 0 Å². The first kappa shape index (κ1) is 15.9. The Labute approximate surface area is 130 Å². The third-order valence-corrected chi connectivity index (χ3v) is 4.26. The third kappa shape index (κ3) is 4.25. The van der Waals surface area contributed by atoms with Gasteiger partial charge in [-0.3, -0.25) is 4.79 Å². The van der Waals surface area contributed by atoms with Crippen LogP contribution in [0, 0.1) is 0 Å². The molecule has 5 heteroatoms. The van der Waals surface area contributed by atoms with Crippen LogP contribution in [0.15, 0.2) is 23.7 Å². The Balaban J connectivity index is 2.05. The SMILES string of the molecule is CN(C)CCCC(C)(C)NC(=O)c1cccc2scnc12. The summed E-state index contributed by atoms with van der Waals surface area (Å²) in [6.07, 6.45) is 2.01. The molecule has 4 nitrogen and oxygen atoms in total. The average Bonchev–Trinajstić information content (AvgIpc) is 2.85. The lowest BCUT2D eigenvalue weighted by Gasteiger charge is -2.27. The summed E-state index contributed by atoms with van der Waals surface area (Å²) in [4.78, 5) is 19.0. The molecule has 0 atom stereocenters. The van der Waals surface area contributed by atoms with Crippen LogP contribution in [0.4, 0.5) is 0 Å². The number of para-hydroxylation sites is 1. The van der Waals surface area contributed by atoms with Crippen molar-refractivity contribution in [3.05, 3.63) is 29.3 Å². The number of amides is 1. The molecule has 0 spiro atoms. The maximum Gasteiger partial charge on any atom is 0.253 e. The number of nitrogens with zero attached hydrogens (tertiary/aromatic N) is 2. The van der Waals surface area contributed by atoms with Gasteiger partial charge in [-0.05, 0) is 59.5 Å². The second-order valence-corrected chi connectivity index (χ2v) is 7.14. The molecule has 0 aliphatic heterocycles. The van der Waals surface area contributed by atoms with Crippen molar-refractivity contribution in [2.24, 2.45) is 0 Å². The van der Waals surface area contributed by atoms with E-state index in [0.29, 0.717) is 5.56 Å². The molecule has 0 bridgehead atoms. The molecule has 0 aliphatic rings. The van der Waals surface area contributed by atoms with E-state index in [1.807, 2.05) is 18.2 Å². The summed E-state index contributed by atoms with van der Waals surface area (Å²) in [6, 6.07) is 5.74. The molecule has 114 valence electrons. The Morgan fingerprint density at radius 2 is 2.14 bits per heavy atom. The molecule has 0 saturated carbocycles. The maximum atomic E-state index is 12.5. The number of rotatable bonds is 6. The molecule has 1 amide bonds. The highest BCUT2D eigenvalue weighted by Crippen LogP contribution is 2.22. The van der Waals surface area contributed by atoms with Crippen LogP contribution in [-0.4, -0.2) is 42.0 Å². The summed E-state index contributed by atoms with van der Waals surface area (Å²) in [5.74, 6) is -0.0404. The van der Waals surface area contributed by atoms with E-state index in [1.165, 1.54) is 0 Å². The first-order valence-corrected chi connectivity index (χ1v) is 8.06. The zero-order chi connectivity index (χ0) is 15.5. The van der Waals surface area contributed by atoms with Crippen molar-refractivity contribution in [3.63, 3.8) is 0 Å². The van der Waals surface area contributed by atoms with Crippen LogP contribution < -0.4 is 5.32 Å². The zero-order valence-corrected chi connectivity index (χ0v) is 14.0. The molecule has 21 heavy (non-hydrogen) atoms. The van der Waals surface area contributed by atoms with Gasteiger partial charge in [0, 0.05) is 5.54 Å². The van der Waals surface area contributed by atoms with Crippen LogP contribution in [0.3, 0.4) is 0 Å². The van der Waals surface area contributed by atoms with Crippen LogP contribution in [0.25, 0.3) is 10.2 Å². The molecule has 0 radical (unpaired) electrons. The molecule has 1 N–H and O–H groups in total. The molecule has 2 aromatic rings. The Morgan fingerprint density at radius 3 is 2.86 bits per heavy atom. The summed E-state index contributed by atoms with van der Waals surface area (Å²) in [5, 5.41) is 3.14. The van der Waals surface area contributed by atoms with Crippen LogP contribution in [0.1, 0.15) is 37.0 Å². The van der Waals surface area contributed by atoms with Gasteiger partial charge in [-0.15, -0.1) is 11.3 Å². The fraction of sp³-hybridized carbons (Fsp3) is 0.500. The number of hydrogen-bond acceptors (Lipinski definition) is 4. The number of carbonyl (C=O) groups excluding carboxylic acids is 1. The highest BCUT2D eigenvalue weighted by atomic mass is 32.1. The Hall–Kier alpha value is -1.46. The van der Waals surface area contributed by atoms with Gasteiger partial charge in [0.1, 0.15) is 0 Å². The van der Waals surface area contributed by atoms with Crippen molar-refractivity contribution >= 4 is 27.5 Å². The van der Waals surface area contributed by atoms with E-state index in [-0.39, 0.29) is 11.4 Å². The number of hydrogen-bond donors (Lipinski definition) is 1.